The summed E-state index contributed by atoms with van der Waals surface area (Å²) in [6, 6.07) is 3.73. The lowest BCUT2D eigenvalue weighted by Gasteiger charge is -2.06. The van der Waals surface area contributed by atoms with Gasteiger partial charge in [0.2, 0.25) is 10.0 Å². The minimum atomic E-state index is -3.94. The van der Waals surface area contributed by atoms with E-state index < -0.39 is 21.3 Å². The maximum Gasteiger partial charge on any atom is 0.329 e. The SMILES string of the molecule is Cn1cc(Cn2c(=O)[nH]c3ccc(S(N)(=O)=O)cc3c2=O)cn1. The highest BCUT2D eigenvalue weighted by atomic mass is 32.2. The number of H-pyrrole nitrogens is 1. The number of nitrogens with zero attached hydrogens (tertiary/aromatic N) is 3. The zero-order valence-corrected chi connectivity index (χ0v) is 12.9. The van der Waals surface area contributed by atoms with E-state index in [0.717, 1.165) is 10.6 Å². The van der Waals surface area contributed by atoms with Crippen molar-refractivity contribution in [3.05, 3.63) is 57.0 Å². The predicted molar refractivity (Wildman–Crippen MR) is 82.5 cm³/mol. The van der Waals surface area contributed by atoms with Gasteiger partial charge in [-0.05, 0) is 18.2 Å². The van der Waals surface area contributed by atoms with E-state index in [-0.39, 0.29) is 22.3 Å². The van der Waals surface area contributed by atoms with Gasteiger partial charge in [0.1, 0.15) is 0 Å². The van der Waals surface area contributed by atoms with Crippen molar-refractivity contribution in [3.8, 4) is 0 Å². The summed E-state index contributed by atoms with van der Waals surface area (Å²) in [6.07, 6.45) is 3.22. The second-order valence-electron chi connectivity index (χ2n) is 5.10. The van der Waals surface area contributed by atoms with Gasteiger partial charge in [0.15, 0.2) is 0 Å². The summed E-state index contributed by atoms with van der Waals surface area (Å²) in [5, 5.41) is 9.12. The Hall–Kier alpha value is -2.72. The van der Waals surface area contributed by atoms with Crippen molar-refractivity contribution < 1.29 is 8.42 Å². The number of benzene rings is 1. The van der Waals surface area contributed by atoms with E-state index in [0.29, 0.717) is 5.56 Å². The highest BCUT2D eigenvalue weighted by Crippen LogP contribution is 2.12. The van der Waals surface area contributed by atoms with Crippen molar-refractivity contribution in [2.75, 3.05) is 0 Å². The Kier molecular flexibility index (Phi) is 3.42. The van der Waals surface area contributed by atoms with Gasteiger partial charge in [0, 0.05) is 18.8 Å². The first-order valence-corrected chi connectivity index (χ1v) is 8.07. The molecule has 0 atom stereocenters. The van der Waals surface area contributed by atoms with Gasteiger partial charge < -0.3 is 4.98 Å². The number of rotatable bonds is 3. The van der Waals surface area contributed by atoms with E-state index in [1.165, 1.54) is 18.3 Å². The smallest absolute Gasteiger partial charge is 0.307 e. The van der Waals surface area contributed by atoms with Crippen LogP contribution in [0.25, 0.3) is 10.9 Å². The van der Waals surface area contributed by atoms with Crippen molar-refractivity contribution in [2.24, 2.45) is 12.2 Å². The molecule has 0 aliphatic carbocycles. The minimum absolute atomic E-state index is 0.0253. The predicted octanol–water partition coefficient (Wildman–Crippen LogP) is -0.881. The Balaban J connectivity index is 2.22. The van der Waals surface area contributed by atoms with Gasteiger partial charge >= 0.3 is 5.69 Å². The van der Waals surface area contributed by atoms with Gasteiger partial charge in [0.05, 0.1) is 28.5 Å². The number of aryl methyl sites for hydroxylation is 1. The van der Waals surface area contributed by atoms with Crippen molar-refractivity contribution in [2.45, 2.75) is 11.4 Å². The molecule has 0 amide bonds. The fourth-order valence-electron chi connectivity index (χ4n) is 2.29. The summed E-state index contributed by atoms with van der Waals surface area (Å²) in [5.74, 6) is 0. The highest BCUT2D eigenvalue weighted by molar-refractivity contribution is 7.89. The van der Waals surface area contributed by atoms with E-state index in [4.69, 9.17) is 5.14 Å². The van der Waals surface area contributed by atoms with Crippen molar-refractivity contribution in [1.29, 1.82) is 0 Å². The molecule has 120 valence electrons. The van der Waals surface area contributed by atoms with Gasteiger partial charge in [-0.1, -0.05) is 0 Å². The summed E-state index contributed by atoms with van der Waals surface area (Å²) in [7, 11) is -2.23. The molecule has 0 bridgehead atoms. The number of nitrogens with one attached hydrogen (secondary N) is 1. The molecule has 23 heavy (non-hydrogen) atoms. The van der Waals surface area contributed by atoms with Gasteiger partial charge in [0.25, 0.3) is 5.56 Å². The molecule has 10 heteroatoms. The lowest BCUT2D eigenvalue weighted by Crippen LogP contribution is -2.35. The lowest BCUT2D eigenvalue weighted by atomic mass is 10.2. The molecule has 0 aliphatic heterocycles. The van der Waals surface area contributed by atoms with E-state index >= 15 is 0 Å². The number of primary sulfonamides is 1. The van der Waals surface area contributed by atoms with Crippen LogP contribution in [0.4, 0.5) is 0 Å². The third kappa shape index (κ3) is 2.81. The Morgan fingerprint density at radius 2 is 2.04 bits per heavy atom. The Bertz CT molecular complexity index is 1120. The second kappa shape index (κ2) is 5.18. The molecule has 3 aromatic rings. The topological polar surface area (TPSA) is 133 Å². The molecule has 0 spiro atoms. The summed E-state index contributed by atoms with van der Waals surface area (Å²) in [5.41, 5.74) is -0.273. The van der Waals surface area contributed by atoms with Crippen LogP contribution in [0, 0.1) is 0 Å². The molecule has 0 saturated heterocycles. The Morgan fingerprint density at radius 3 is 2.65 bits per heavy atom. The third-order valence-electron chi connectivity index (χ3n) is 3.38. The molecule has 1 aromatic carbocycles. The monoisotopic (exact) mass is 335 g/mol. The highest BCUT2D eigenvalue weighted by Gasteiger charge is 2.13. The quantitative estimate of drug-likeness (QED) is 0.641. The van der Waals surface area contributed by atoms with Crippen LogP contribution in [0.2, 0.25) is 0 Å². The molecule has 0 saturated carbocycles. The maximum atomic E-state index is 12.5. The van der Waals surface area contributed by atoms with Crippen LogP contribution in [0.15, 0.2) is 45.1 Å². The summed E-state index contributed by atoms with van der Waals surface area (Å²) >= 11 is 0. The molecular formula is C13H13N5O4S. The van der Waals surface area contributed by atoms with Crippen LogP contribution in [0.3, 0.4) is 0 Å². The van der Waals surface area contributed by atoms with E-state index in [1.807, 2.05) is 0 Å². The van der Waals surface area contributed by atoms with E-state index in [9.17, 15) is 18.0 Å². The first-order valence-electron chi connectivity index (χ1n) is 6.53. The molecule has 9 nitrogen and oxygen atoms in total. The van der Waals surface area contributed by atoms with Crippen LogP contribution >= 0.6 is 0 Å². The largest absolute Gasteiger partial charge is 0.329 e. The van der Waals surface area contributed by atoms with Gasteiger partial charge in [-0.3, -0.25) is 14.0 Å². The van der Waals surface area contributed by atoms with Gasteiger partial charge in [-0.2, -0.15) is 5.10 Å². The standard InChI is InChI=1S/C13H13N5O4S/c1-17-6-8(5-15-17)7-18-12(19)10-4-9(23(14,21)22)2-3-11(10)16-13(18)20/h2-6H,7H2,1H3,(H,16,20)(H2,14,21,22). The average Bonchev–Trinajstić information content (AvgIpc) is 2.87. The summed E-state index contributed by atoms with van der Waals surface area (Å²) in [4.78, 5) is 27.0. The molecular weight excluding hydrogens is 322 g/mol. The first kappa shape index (κ1) is 15.2. The van der Waals surface area contributed by atoms with Crippen molar-refractivity contribution >= 4 is 20.9 Å². The van der Waals surface area contributed by atoms with Crippen LogP contribution in [0.5, 0.6) is 0 Å². The van der Waals surface area contributed by atoms with Gasteiger partial charge in [-0.15, -0.1) is 0 Å². The molecule has 2 heterocycles. The molecule has 0 unspecified atom stereocenters. The number of fused-ring (bicyclic) bond motifs is 1. The first-order chi connectivity index (χ1) is 10.8. The number of hydrogen-bond acceptors (Lipinski definition) is 5. The summed E-state index contributed by atoms with van der Waals surface area (Å²) in [6.45, 7) is 0.0253. The average molecular weight is 335 g/mol. The maximum absolute atomic E-state index is 12.5. The zero-order chi connectivity index (χ0) is 16.8. The fraction of sp³-hybridized carbons (Fsp3) is 0.154. The van der Waals surface area contributed by atoms with E-state index in [2.05, 4.69) is 10.1 Å². The Morgan fingerprint density at radius 1 is 1.30 bits per heavy atom. The number of sulfonamides is 1. The molecule has 3 rings (SSSR count). The van der Waals surface area contributed by atoms with E-state index in [1.54, 1.807) is 17.9 Å². The van der Waals surface area contributed by atoms with Crippen LogP contribution < -0.4 is 16.4 Å². The van der Waals surface area contributed by atoms with Crippen LogP contribution in [0.1, 0.15) is 5.56 Å². The lowest BCUT2D eigenvalue weighted by molar-refractivity contribution is 0.598. The van der Waals surface area contributed by atoms with Gasteiger partial charge in [-0.25, -0.2) is 18.4 Å². The minimum Gasteiger partial charge on any atom is -0.307 e. The second-order valence-corrected chi connectivity index (χ2v) is 6.66. The fourth-order valence-corrected chi connectivity index (χ4v) is 2.83. The Labute approximate surface area is 130 Å². The summed E-state index contributed by atoms with van der Waals surface area (Å²) < 4.78 is 25.4. The molecule has 0 aliphatic rings. The normalized spacial score (nSPS) is 11.9. The van der Waals surface area contributed by atoms with Crippen molar-refractivity contribution in [1.82, 2.24) is 19.3 Å². The number of nitrogens with two attached hydrogens (primary N) is 1. The van der Waals surface area contributed by atoms with Crippen LogP contribution in [-0.4, -0.2) is 27.7 Å². The third-order valence-corrected chi connectivity index (χ3v) is 4.29. The van der Waals surface area contributed by atoms with Crippen molar-refractivity contribution in [3.63, 3.8) is 0 Å². The molecule has 0 fully saturated rings. The van der Waals surface area contributed by atoms with Crippen LogP contribution in [-0.2, 0) is 23.6 Å². The molecule has 3 N–H and O–H groups in total. The number of aromatic nitrogens is 4. The zero-order valence-electron chi connectivity index (χ0n) is 12.1. The number of hydrogen-bond donors (Lipinski definition) is 2. The molecule has 2 aromatic heterocycles. The molecule has 0 radical (unpaired) electrons. The number of aromatic amines is 1.